The fraction of sp³-hybridized carbons (Fsp3) is 0.385. The maximum Gasteiger partial charge on any atom is 0.226 e. The molecule has 0 fully saturated rings. The van der Waals surface area contributed by atoms with E-state index >= 15 is 0 Å². The molecule has 6 heteroatoms. The van der Waals surface area contributed by atoms with Gasteiger partial charge in [-0.25, -0.2) is 4.39 Å². The van der Waals surface area contributed by atoms with Crippen molar-refractivity contribution in [1.82, 2.24) is 5.32 Å². The van der Waals surface area contributed by atoms with Crippen molar-refractivity contribution in [3.05, 3.63) is 29.0 Å². The summed E-state index contributed by atoms with van der Waals surface area (Å²) in [7, 11) is 0. The molecule has 0 aliphatic heterocycles. The predicted molar refractivity (Wildman–Crippen MR) is 79.9 cm³/mol. The number of amides is 1. The Labute approximate surface area is 122 Å². The molecule has 2 N–H and O–H groups in total. The topological polar surface area (TPSA) is 41.1 Å². The van der Waals surface area contributed by atoms with Crippen LogP contribution in [0.25, 0.3) is 0 Å². The third kappa shape index (κ3) is 5.98. The quantitative estimate of drug-likeness (QED) is 0.641. The molecule has 0 atom stereocenters. The van der Waals surface area contributed by atoms with Crippen molar-refractivity contribution in [2.24, 2.45) is 0 Å². The van der Waals surface area contributed by atoms with E-state index in [1.807, 2.05) is 0 Å². The molecule has 0 saturated heterocycles. The highest BCUT2D eigenvalue weighted by atomic mass is 35.5. The maximum atomic E-state index is 13.0. The molecular weight excluding hydrogens is 287 g/mol. The maximum absolute atomic E-state index is 13.0. The molecule has 0 aromatic heterocycles. The van der Waals surface area contributed by atoms with Crippen LogP contribution < -0.4 is 10.6 Å². The molecule has 19 heavy (non-hydrogen) atoms. The number of halogens is 2. The van der Waals surface area contributed by atoms with Gasteiger partial charge >= 0.3 is 0 Å². The molecule has 3 nitrogen and oxygen atoms in total. The monoisotopic (exact) mass is 302 g/mol. The van der Waals surface area contributed by atoms with Gasteiger partial charge in [-0.3, -0.25) is 4.79 Å². The van der Waals surface area contributed by atoms with Crippen LogP contribution in [0.5, 0.6) is 0 Å². The first-order chi connectivity index (χ1) is 9.02. The van der Waals surface area contributed by atoms with Crippen molar-refractivity contribution >= 4 is 40.5 Å². The van der Waals surface area contributed by atoms with Gasteiger partial charge in [0.15, 0.2) is 5.11 Å². The second kappa shape index (κ2) is 8.07. The number of carbonyl (C=O) groups excluding carboxylic acids is 1. The van der Waals surface area contributed by atoms with Gasteiger partial charge in [0.1, 0.15) is 5.82 Å². The number of hydrogen-bond acceptors (Lipinski definition) is 2. The minimum atomic E-state index is -0.498. The van der Waals surface area contributed by atoms with Gasteiger partial charge < -0.3 is 10.6 Å². The summed E-state index contributed by atoms with van der Waals surface area (Å²) in [5.41, 5.74) is 0.533. The van der Waals surface area contributed by atoms with Gasteiger partial charge in [0.25, 0.3) is 0 Å². The molecule has 0 saturated carbocycles. The molecule has 0 unspecified atom stereocenters. The molecule has 1 aromatic rings. The van der Waals surface area contributed by atoms with Crippen molar-refractivity contribution in [3.8, 4) is 0 Å². The van der Waals surface area contributed by atoms with Crippen LogP contribution >= 0.6 is 23.8 Å². The average molecular weight is 303 g/mol. The Hall–Kier alpha value is -1.20. The fourth-order valence-corrected chi connectivity index (χ4v) is 1.87. The minimum Gasteiger partial charge on any atom is -0.332 e. The normalized spacial score (nSPS) is 10.1. The van der Waals surface area contributed by atoms with Gasteiger partial charge in [-0.05, 0) is 36.8 Å². The minimum absolute atomic E-state index is 0.00192. The summed E-state index contributed by atoms with van der Waals surface area (Å²) in [5, 5.41) is 5.53. The Morgan fingerprint density at radius 1 is 1.42 bits per heavy atom. The van der Waals surface area contributed by atoms with Crippen molar-refractivity contribution < 1.29 is 9.18 Å². The van der Waals surface area contributed by atoms with Gasteiger partial charge in [0.05, 0.1) is 5.02 Å². The summed E-state index contributed by atoms with van der Waals surface area (Å²) in [6.45, 7) is 2.07. The third-order valence-electron chi connectivity index (χ3n) is 2.44. The van der Waals surface area contributed by atoms with Gasteiger partial charge in [-0.2, -0.15) is 0 Å². The summed E-state index contributed by atoms with van der Waals surface area (Å²) in [6.07, 6.45) is 3.36. The lowest BCUT2D eigenvalue weighted by Crippen LogP contribution is -2.33. The zero-order valence-corrected chi connectivity index (χ0v) is 12.2. The standard InChI is InChI=1S/C13H16ClFN2OS/c1-2-3-4-5-12(18)17-13(19)16-9-6-7-11(15)10(14)8-9/h6-8H,2-5H2,1H3,(H2,16,17,18,19). The van der Waals surface area contributed by atoms with Crippen LogP contribution in [0.4, 0.5) is 10.1 Å². The van der Waals surface area contributed by atoms with E-state index in [0.717, 1.165) is 19.3 Å². The third-order valence-corrected chi connectivity index (χ3v) is 2.93. The van der Waals surface area contributed by atoms with Crippen LogP contribution in [-0.2, 0) is 4.79 Å². The number of rotatable bonds is 5. The van der Waals surface area contributed by atoms with Gasteiger partial charge in [-0.1, -0.05) is 31.4 Å². The Morgan fingerprint density at radius 3 is 2.79 bits per heavy atom. The van der Waals surface area contributed by atoms with E-state index in [9.17, 15) is 9.18 Å². The SMILES string of the molecule is CCCCCC(=O)NC(=S)Nc1ccc(F)c(Cl)c1. The first-order valence-corrected chi connectivity index (χ1v) is 6.87. The molecule has 1 aromatic carbocycles. The van der Waals surface area contributed by atoms with Crippen molar-refractivity contribution in [3.63, 3.8) is 0 Å². The van der Waals surface area contributed by atoms with Gasteiger partial charge in [0, 0.05) is 12.1 Å². The van der Waals surface area contributed by atoms with Crippen LogP contribution in [0, 0.1) is 5.82 Å². The van der Waals surface area contributed by atoms with E-state index in [1.54, 1.807) is 0 Å². The Kier molecular flexibility index (Phi) is 6.73. The van der Waals surface area contributed by atoms with Crippen molar-refractivity contribution in [2.45, 2.75) is 32.6 Å². The lowest BCUT2D eigenvalue weighted by Gasteiger charge is -2.09. The fourth-order valence-electron chi connectivity index (χ4n) is 1.46. The second-order valence-electron chi connectivity index (χ2n) is 4.09. The second-order valence-corrected chi connectivity index (χ2v) is 4.90. The van der Waals surface area contributed by atoms with Crippen LogP contribution in [0.1, 0.15) is 32.6 Å². The Balaban J connectivity index is 2.42. The van der Waals surface area contributed by atoms with Crippen LogP contribution in [0.3, 0.4) is 0 Å². The molecule has 1 amide bonds. The lowest BCUT2D eigenvalue weighted by molar-refractivity contribution is -0.119. The highest BCUT2D eigenvalue weighted by Crippen LogP contribution is 2.19. The van der Waals surface area contributed by atoms with Crippen LogP contribution in [0.2, 0.25) is 5.02 Å². The Bertz CT molecular complexity index is 468. The van der Waals surface area contributed by atoms with Crippen LogP contribution in [-0.4, -0.2) is 11.0 Å². The smallest absolute Gasteiger partial charge is 0.226 e. The van der Waals surface area contributed by atoms with E-state index in [-0.39, 0.29) is 16.0 Å². The molecule has 1 rings (SSSR count). The summed E-state index contributed by atoms with van der Waals surface area (Å²) in [6, 6.07) is 4.14. The number of thiocarbonyl (C=S) groups is 1. The molecule has 0 spiro atoms. The first-order valence-electron chi connectivity index (χ1n) is 6.08. The summed E-state index contributed by atoms with van der Waals surface area (Å²) < 4.78 is 13.0. The largest absolute Gasteiger partial charge is 0.332 e. The summed E-state index contributed by atoms with van der Waals surface area (Å²) in [5.74, 6) is -0.624. The number of nitrogens with one attached hydrogen (secondary N) is 2. The molecule has 104 valence electrons. The van der Waals surface area contributed by atoms with E-state index in [4.69, 9.17) is 23.8 Å². The molecule has 0 bridgehead atoms. The predicted octanol–water partition coefficient (Wildman–Crippen LogP) is 3.87. The van der Waals surface area contributed by atoms with Crippen molar-refractivity contribution in [2.75, 3.05) is 5.32 Å². The van der Waals surface area contributed by atoms with Crippen LogP contribution in [0.15, 0.2) is 18.2 Å². The average Bonchev–Trinajstić information content (AvgIpc) is 2.34. The number of benzene rings is 1. The first kappa shape index (κ1) is 15.9. The summed E-state index contributed by atoms with van der Waals surface area (Å²) >= 11 is 10.6. The van der Waals surface area contributed by atoms with Gasteiger partial charge in [-0.15, -0.1) is 0 Å². The lowest BCUT2D eigenvalue weighted by atomic mass is 10.2. The molecule has 0 heterocycles. The van der Waals surface area contributed by atoms with Gasteiger partial charge in [0.2, 0.25) is 5.91 Å². The number of unbranched alkanes of at least 4 members (excludes halogenated alkanes) is 2. The number of anilines is 1. The molecule has 0 radical (unpaired) electrons. The molecule has 0 aliphatic carbocycles. The Morgan fingerprint density at radius 2 is 2.16 bits per heavy atom. The van der Waals surface area contributed by atoms with Crippen molar-refractivity contribution in [1.29, 1.82) is 0 Å². The van der Waals surface area contributed by atoms with E-state index in [0.29, 0.717) is 12.1 Å². The highest BCUT2D eigenvalue weighted by Gasteiger charge is 2.06. The van der Waals surface area contributed by atoms with E-state index in [1.165, 1.54) is 18.2 Å². The van der Waals surface area contributed by atoms with E-state index < -0.39 is 5.82 Å². The number of hydrogen-bond donors (Lipinski definition) is 2. The molecular formula is C13H16ClFN2OS. The van der Waals surface area contributed by atoms with E-state index in [2.05, 4.69) is 17.6 Å². The zero-order chi connectivity index (χ0) is 14.3. The molecule has 0 aliphatic rings. The zero-order valence-electron chi connectivity index (χ0n) is 10.6. The number of carbonyl (C=O) groups is 1. The summed E-state index contributed by atoms with van der Waals surface area (Å²) in [4.78, 5) is 11.5. The highest BCUT2D eigenvalue weighted by molar-refractivity contribution is 7.80.